The number of aromatic nitrogens is 4. The van der Waals surface area contributed by atoms with Crippen LogP contribution < -0.4 is 4.74 Å². The Kier molecular flexibility index (Phi) is 7.65. The minimum Gasteiger partial charge on any atom is -0.474 e. The third-order valence-electron chi connectivity index (χ3n) is 9.83. The molecule has 234 valence electrons. The van der Waals surface area contributed by atoms with Crippen LogP contribution in [0.5, 0.6) is 5.88 Å². The molecule has 3 atom stereocenters. The Labute approximate surface area is 266 Å². The Bertz CT molecular complexity index is 2060. The molecule has 0 spiro atoms. The topological polar surface area (TPSA) is 100 Å². The number of likely N-dealkylation sites (tertiary alicyclic amines) is 2. The summed E-state index contributed by atoms with van der Waals surface area (Å²) in [5.41, 5.74) is 3.57. The second kappa shape index (κ2) is 11.8. The number of benzene rings is 3. The van der Waals surface area contributed by atoms with Crippen LogP contribution in [0.2, 0.25) is 0 Å². The number of halogens is 1. The number of ether oxygens (including phenoxy) is 1. The SMILES string of the molecule is C=CC(=O)N1CC[C@H](n2nnc3c(OC[C@@H]4CCCN4C)nc4c(F)c(-c5cccc6cccc(C#N)c56)c(C)cc4c32)C[C@H]1C. The van der Waals surface area contributed by atoms with Crippen LogP contribution >= 0.6 is 0 Å². The van der Waals surface area contributed by atoms with Crippen LogP contribution in [0, 0.1) is 24.1 Å². The first-order valence-corrected chi connectivity index (χ1v) is 15.9. The fourth-order valence-corrected chi connectivity index (χ4v) is 7.41. The van der Waals surface area contributed by atoms with E-state index >= 15 is 4.39 Å². The van der Waals surface area contributed by atoms with Gasteiger partial charge in [-0.15, -0.1) is 5.10 Å². The van der Waals surface area contributed by atoms with Gasteiger partial charge in [0.25, 0.3) is 0 Å². The Hall–Kier alpha value is -4.88. The van der Waals surface area contributed by atoms with Crippen molar-refractivity contribution in [1.82, 2.24) is 29.8 Å². The lowest BCUT2D eigenvalue weighted by atomic mass is 9.91. The van der Waals surface area contributed by atoms with E-state index in [1.165, 1.54) is 6.08 Å². The summed E-state index contributed by atoms with van der Waals surface area (Å²) < 4.78 is 25.3. The summed E-state index contributed by atoms with van der Waals surface area (Å²) in [6, 6.07) is 15.6. The number of amides is 1. The average molecular weight is 618 g/mol. The monoisotopic (exact) mass is 617 g/mol. The summed E-state index contributed by atoms with van der Waals surface area (Å²) in [7, 11) is 2.08. The van der Waals surface area contributed by atoms with E-state index in [2.05, 4.69) is 34.9 Å². The highest BCUT2D eigenvalue weighted by Gasteiger charge is 2.32. The van der Waals surface area contributed by atoms with Gasteiger partial charge in [0.15, 0.2) is 11.3 Å². The number of fused-ring (bicyclic) bond motifs is 4. The van der Waals surface area contributed by atoms with Gasteiger partial charge in [0.2, 0.25) is 11.8 Å². The molecule has 2 fully saturated rings. The van der Waals surface area contributed by atoms with Crippen LogP contribution in [0.1, 0.15) is 49.8 Å². The molecule has 0 unspecified atom stereocenters. The maximum absolute atomic E-state index is 17.1. The zero-order valence-electron chi connectivity index (χ0n) is 26.3. The van der Waals surface area contributed by atoms with Gasteiger partial charge >= 0.3 is 0 Å². The smallest absolute Gasteiger partial charge is 0.246 e. The fraction of sp³-hybridized carbons (Fsp3) is 0.361. The lowest BCUT2D eigenvalue weighted by Gasteiger charge is -2.37. The van der Waals surface area contributed by atoms with Crippen molar-refractivity contribution in [2.24, 2.45) is 0 Å². The number of nitriles is 1. The second-order valence-electron chi connectivity index (χ2n) is 12.6. The maximum atomic E-state index is 17.1. The van der Waals surface area contributed by atoms with E-state index in [9.17, 15) is 10.1 Å². The molecule has 2 aromatic heterocycles. The quantitative estimate of drug-likeness (QED) is 0.205. The number of carbonyl (C=O) groups excluding carboxylic acids is 1. The first-order chi connectivity index (χ1) is 22.3. The lowest BCUT2D eigenvalue weighted by molar-refractivity contribution is -0.129. The highest BCUT2D eigenvalue weighted by molar-refractivity contribution is 6.08. The van der Waals surface area contributed by atoms with Gasteiger partial charge in [0.05, 0.1) is 17.7 Å². The fourth-order valence-electron chi connectivity index (χ4n) is 7.41. The molecule has 2 aliphatic rings. The minimum absolute atomic E-state index is 0.0315. The van der Waals surface area contributed by atoms with Crippen molar-refractivity contribution in [2.75, 3.05) is 26.7 Å². The van der Waals surface area contributed by atoms with Crippen molar-refractivity contribution in [3.05, 3.63) is 72.1 Å². The molecule has 0 aliphatic carbocycles. The van der Waals surface area contributed by atoms with E-state index in [0.29, 0.717) is 70.1 Å². The number of nitrogens with zero attached hydrogens (tertiary/aromatic N) is 7. The second-order valence-corrected chi connectivity index (χ2v) is 12.6. The molecule has 2 saturated heterocycles. The predicted molar refractivity (Wildman–Crippen MR) is 176 cm³/mol. The number of carbonyl (C=O) groups is 1. The Balaban J connectivity index is 1.42. The van der Waals surface area contributed by atoms with Gasteiger partial charge in [-0.25, -0.2) is 14.1 Å². The Morgan fingerprint density at radius 1 is 1.20 bits per heavy atom. The number of likely N-dealkylation sites (N-methyl/N-ethyl adjacent to an activating group) is 1. The van der Waals surface area contributed by atoms with Gasteiger partial charge in [-0.1, -0.05) is 42.1 Å². The van der Waals surface area contributed by atoms with Gasteiger partial charge in [-0.05, 0) is 87.8 Å². The lowest BCUT2D eigenvalue weighted by Crippen LogP contribution is -2.44. The molecule has 10 heteroatoms. The van der Waals surface area contributed by atoms with Gasteiger partial charge in [-0.3, -0.25) is 4.79 Å². The normalized spacial score (nSPS) is 20.4. The molecular formula is C36H36FN7O2. The van der Waals surface area contributed by atoms with Crippen LogP contribution in [0.25, 0.3) is 43.8 Å². The first kappa shape index (κ1) is 29.8. The molecular weight excluding hydrogens is 581 g/mol. The van der Waals surface area contributed by atoms with E-state index in [0.717, 1.165) is 24.8 Å². The Morgan fingerprint density at radius 2 is 2.00 bits per heavy atom. The van der Waals surface area contributed by atoms with E-state index < -0.39 is 5.82 Å². The van der Waals surface area contributed by atoms with Gasteiger partial charge < -0.3 is 14.5 Å². The summed E-state index contributed by atoms with van der Waals surface area (Å²) >= 11 is 0. The molecule has 0 bridgehead atoms. The summed E-state index contributed by atoms with van der Waals surface area (Å²) in [6.45, 7) is 9.52. The van der Waals surface area contributed by atoms with Crippen molar-refractivity contribution in [1.29, 1.82) is 5.26 Å². The van der Waals surface area contributed by atoms with Crippen LogP contribution in [0.3, 0.4) is 0 Å². The molecule has 0 radical (unpaired) electrons. The zero-order valence-corrected chi connectivity index (χ0v) is 26.3. The molecule has 3 aromatic carbocycles. The van der Waals surface area contributed by atoms with Crippen molar-refractivity contribution < 1.29 is 13.9 Å². The summed E-state index contributed by atoms with van der Waals surface area (Å²) in [5, 5.41) is 21.3. The number of rotatable bonds is 6. The number of hydrogen-bond donors (Lipinski definition) is 0. The molecule has 0 N–H and O–H groups in total. The van der Waals surface area contributed by atoms with E-state index in [1.54, 1.807) is 6.07 Å². The van der Waals surface area contributed by atoms with Crippen LogP contribution in [-0.2, 0) is 4.79 Å². The standard InChI is InChI=1S/C36H36FN7O2/c1-5-29(45)43-16-14-25(18-22(43)3)44-35-28-17-21(2)30(27-13-7-10-23-9-6-11-24(19-38)31(23)27)32(37)33(28)39-36(34(35)40-41-44)46-20-26-12-8-15-42(26)4/h5-7,9-11,13,17,22,25-26H,1,8,12,14-16,18,20H2,2-4H3/t22-,25+,26+/m1/s1. The van der Waals surface area contributed by atoms with Gasteiger partial charge in [-0.2, -0.15) is 5.26 Å². The van der Waals surface area contributed by atoms with E-state index in [1.807, 2.05) is 59.8 Å². The largest absolute Gasteiger partial charge is 0.474 e. The minimum atomic E-state index is -0.479. The number of hydrogen-bond acceptors (Lipinski definition) is 7. The van der Waals surface area contributed by atoms with E-state index in [-0.39, 0.29) is 35.4 Å². The highest BCUT2D eigenvalue weighted by atomic mass is 19.1. The average Bonchev–Trinajstić information content (AvgIpc) is 3.70. The first-order valence-electron chi connectivity index (χ1n) is 15.9. The molecule has 2 aliphatic heterocycles. The van der Waals surface area contributed by atoms with Crippen LogP contribution in [-0.4, -0.2) is 74.5 Å². The van der Waals surface area contributed by atoms with Crippen molar-refractivity contribution in [2.45, 2.75) is 57.7 Å². The van der Waals surface area contributed by atoms with Crippen molar-refractivity contribution in [3.8, 4) is 23.1 Å². The summed E-state index contributed by atoms with van der Waals surface area (Å²) in [5.74, 6) is -0.312. The third kappa shape index (κ3) is 4.86. The summed E-state index contributed by atoms with van der Waals surface area (Å²) in [4.78, 5) is 21.3. The molecule has 0 saturated carbocycles. The maximum Gasteiger partial charge on any atom is 0.246 e. The van der Waals surface area contributed by atoms with Gasteiger partial charge in [0, 0.05) is 35.0 Å². The third-order valence-corrected chi connectivity index (χ3v) is 9.83. The van der Waals surface area contributed by atoms with Crippen LogP contribution in [0.15, 0.2) is 55.1 Å². The Morgan fingerprint density at radius 3 is 2.72 bits per heavy atom. The van der Waals surface area contributed by atoms with Crippen molar-refractivity contribution >= 4 is 38.6 Å². The van der Waals surface area contributed by atoms with Crippen LogP contribution in [0.4, 0.5) is 4.39 Å². The van der Waals surface area contributed by atoms with Crippen molar-refractivity contribution in [3.63, 3.8) is 0 Å². The molecule has 46 heavy (non-hydrogen) atoms. The van der Waals surface area contributed by atoms with E-state index in [4.69, 9.17) is 9.72 Å². The number of piperidine rings is 1. The highest BCUT2D eigenvalue weighted by Crippen LogP contribution is 2.41. The molecule has 4 heterocycles. The van der Waals surface area contributed by atoms with Gasteiger partial charge in [0.1, 0.15) is 17.6 Å². The molecule has 5 aromatic rings. The summed E-state index contributed by atoms with van der Waals surface area (Å²) in [6.07, 6.45) is 4.80. The molecule has 7 rings (SSSR count). The number of pyridine rings is 1. The zero-order chi connectivity index (χ0) is 32.1. The predicted octanol–water partition coefficient (Wildman–Crippen LogP) is 6.33. The molecule has 1 amide bonds. The number of aryl methyl sites for hydroxylation is 1. The molecule has 9 nitrogen and oxygen atoms in total.